The highest BCUT2D eigenvalue weighted by molar-refractivity contribution is 5.64. The van der Waals surface area contributed by atoms with E-state index in [9.17, 15) is 9.18 Å². The predicted octanol–water partition coefficient (Wildman–Crippen LogP) is 2.88. The number of halogens is 1. The van der Waals surface area contributed by atoms with Gasteiger partial charge in [-0.25, -0.2) is 9.18 Å². The van der Waals surface area contributed by atoms with E-state index in [1.165, 1.54) is 13.3 Å². The number of aromatic nitrogens is 1. The predicted molar refractivity (Wildman–Crippen MR) is 55.9 cm³/mol. The minimum Gasteiger partial charge on any atom is -0.437 e. The maximum Gasteiger partial charge on any atom is 0.513 e. The van der Waals surface area contributed by atoms with Crippen molar-refractivity contribution < 1.29 is 18.7 Å². The summed E-state index contributed by atoms with van der Waals surface area (Å²) in [5, 5.41) is 0. The molecule has 0 saturated carbocycles. The first-order valence-electron chi connectivity index (χ1n) is 4.99. The van der Waals surface area contributed by atoms with Crippen LogP contribution in [-0.2, 0) is 4.74 Å². The van der Waals surface area contributed by atoms with Crippen molar-refractivity contribution in [3.05, 3.63) is 23.8 Å². The Hall–Kier alpha value is -1.65. The van der Waals surface area contributed by atoms with Gasteiger partial charge in [-0.3, -0.25) is 4.98 Å². The van der Waals surface area contributed by atoms with Gasteiger partial charge in [0.1, 0.15) is 0 Å². The van der Waals surface area contributed by atoms with Crippen molar-refractivity contribution in [3.8, 4) is 5.75 Å². The van der Waals surface area contributed by atoms with Gasteiger partial charge in [-0.2, -0.15) is 0 Å². The summed E-state index contributed by atoms with van der Waals surface area (Å²) in [7, 11) is 1.17. The van der Waals surface area contributed by atoms with E-state index in [4.69, 9.17) is 4.74 Å². The number of carbonyl (C=O) groups is 1. The van der Waals surface area contributed by atoms with Crippen molar-refractivity contribution in [3.63, 3.8) is 0 Å². The molecule has 1 unspecified atom stereocenters. The maximum atomic E-state index is 13.4. The third-order valence-corrected chi connectivity index (χ3v) is 2.38. The fourth-order valence-electron chi connectivity index (χ4n) is 1.24. The first kappa shape index (κ1) is 12.4. The quantitative estimate of drug-likeness (QED) is 0.745. The van der Waals surface area contributed by atoms with E-state index in [0.29, 0.717) is 5.56 Å². The molecular formula is C11H14FNO3. The lowest BCUT2D eigenvalue weighted by molar-refractivity contribution is 0.119. The Morgan fingerprint density at radius 2 is 2.25 bits per heavy atom. The van der Waals surface area contributed by atoms with Gasteiger partial charge >= 0.3 is 6.16 Å². The van der Waals surface area contributed by atoms with Crippen LogP contribution in [-0.4, -0.2) is 18.2 Å². The molecule has 1 aromatic heterocycles. The van der Waals surface area contributed by atoms with Crippen LogP contribution in [0, 0.1) is 5.82 Å². The third-order valence-electron chi connectivity index (χ3n) is 2.38. The van der Waals surface area contributed by atoms with Crippen LogP contribution in [0.2, 0.25) is 0 Å². The maximum absolute atomic E-state index is 13.4. The van der Waals surface area contributed by atoms with Crippen molar-refractivity contribution in [2.75, 3.05) is 7.11 Å². The van der Waals surface area contributed by atoms with Crippen LogP contribution < -0.4 is 4.74 Å². The molecule has 16 heavy (non-hydrogen) atoms. The molecule has 0 N–H and O–H groups in total. The van der Waals surface area contributed by atoms with E-state index in [1.54, 1.807) is 0 Å². The van der Waals surface area contributed by atoms with Gasteiger partial charge in [0.25, 0.3) is 0 Å². The number of nitrogens with zero attached hydrogens (tertiary/aromatic N) is 1. The molecule has 0 aromatic carbocycles. The zero-order valence-electron chi connectivity index (χ0n) is 9.49. The van der Waals surface area contributed by atoms with Crippen LogP contribution >= 0.6 is 0 Å². The number of rotatable bonds is 3. The normalized spacial score (nSPS) is 12.0. The Balaban J connectivity index is 3.08. The Labute approximate surface area is 93.4 Å². The summed E-state index contributed by atoms with van der Waals surface area (Å²) in [6, 6.07) is 0. The standard InChI is InChI=1S/C11H14FNO3/c1-4-7(2)8-5-13-6-9(12)10(8)16-11(14)15-3/h5-7H,4H2,1-3H3. The molecule has 0 saturated heterocycles. The summed E-state index contributed by atoms with van der Waals surface area (Å²) >= 11 is 0. The highest BCUT2D eigenvalue weighted by Gasteiger charge is 2.18. The van der Waals surface area contributed by atoms with E-state index in [0.717, 1.165) is 12.6 Å². The summed E-state index contributed by atoms with van der Waals surface area (Å²) in [6.07, 6.45) is 2.36. The van der Waals surface area contributed by atoms with Crippen LogP contribution in [0.5, 0.6) is 5.75 Å². The number of pyridine rings is 1. The first-order chi connectivity index (χ1) is 7.60. The summed E-state index contributed by atoms with van der Waals surface area (Å²) < 4.78 is 22.5. The lowest BCUT2D eigenvalue weighted by Gasteiger charge is -2.13. The molecule has 0 spiro atoms. The molecule has 88 valence electrons. The monoisotopic (exact) mass is 227 g/mol. The molecule has 1 rings (SSSR count). The van der Waals surface area contributed by atoms with E-state index in [2.05, 4.69) is 9.72 Å². The number of hydrogen-bond acceptors (Lipinski definition) is 4. The fourth-order valence-corrected chi connectivity index (χ4v) is 1.24. The van der Waals surface area contributed by atoms with Crippen molar-refractivity contribution in [2.24, 2.45) is 0 Å². The summed E-state index contributed by atoms with van der Waals surface area (Å²) in [5.74, 6) is -0.706. The summed E-state index contributed by atoms with van der Waals surface area (Å²) in [5.41, 5.74) is 0.563. The molecular weight excluding hydrogens is 213 g/mol. The van der Waals surface area contributed by atoms with Crippen LogP contribution in [0.25, 0.3) is 0 Å². The van der Waals surface area contributed by atoms with E-state index >= 15 is 0 Å². The Morgan fingerprint density at radius 3 is 2.81 bits per heavy atom. The molecule has 1 atom stereocenters. The summed E-state index contributed by atoms with van der Waals surface area (Å²) in [4.78, 5) is 14.7. The molecule has 0 bridgehead atoms. The molecule has 0 aliphatic heterocycles. The summed E-state index contributed by atoms with van der Waals surface area (Å²) in [6.45, 7) is 3.86. The zero-order chi connectivity index (χ0) is 12.1. The van der Waals surface area contributed by atoms with Crippen molar-refractivity contribution in [1.29, 1.82) is 0 Å². The van der Waals surface area contributed by atoms with Gasteiger partial charge in [-0.05, 0) is 12.3 Å². The van der Waals surface area contributed by atoms with Gasteiger partial charge in [0, 0.05) is 11.8 Å². The minimum atomic E-state index is -0.936. The first-order valence-corrected chi connectivity index (χ1v) is 4.99. The van der Waals surface area contributed by atoms with E-state index in [-0.39, 0.29) is 11.7 Å². The highest BCUT2D eigenvalue weighted by Crippen LogP contribution is 2.30. The van der Waals surface area contributed by atoms with Gasteiger partial charge < -0.3 is 9.47 Å². The number of methoxy groups -OCH3 is 1. The van der Waals surface area contributed by atoms with Crippen molar-refractivity contribution >= 4 is 6.16 Å². The Morgan fingerprint density at radius 1 is 1.56 bits per heavy atom. The second-order valence-electron chi connectivity index (χ2n) is 3.41. The molecule has 0 aliphatic rings. The van der Waals surface area contributed by atoms with Gasteiger partial charge in [0.05, 0.1) is 13.3 Å². The zero-order valence-corrected chi connectivity index (χ0v) is 9.49. The number of carbonyl (C=O) groups excluding carboxylic acids is 1. The van der Waals surface area contributed by atoms with Crippen molar-refractivity contribution in [1.82, 2.24) is 4.98 Å². The van der Waals surface area contributed by atoms with E-state index < -0.39 is 12.0 Å². The smallest absolute Gasteiger partial charge is 0.437 e. The Bertz CT molecular complexity index is 381. The van der Waals surface area contributed by atoms with Gasteiger partial charge in [0.15, 0.2) is 11.6 Å². The highest BCUT2D eigenvalue weighted by atomic mass is 19.1. The van der Waals surface area contributed by atoms with Crippen LogP contribution in [0.4, 0.5) is 9.18 Å². The molecule has 0 radical (unpaired) electrons. The van der Waals surface area contributed by atoms with E-state index in [1.807, 2.05) is 13.8 Å². The number of hydrogen-bond donors (Lipinski definition) is 0. The van der Waals surface area contributed by atoms with Crippen LogP contribution in [0.15, 0.2) is 12.4 Å². The fraction of sp³-hybridized carbons (Fsp3) is 0.455. The van der Waals surface area contributed by atoms with Crippen molar-refractivity contribution in [2.45, 2.75) is 26.2 Å². The topological polar surface area (TPSA) is 48.4 Å². The largest absolute Gasteiger partial charge is 0.513 e. The molecule has 4 nitrogen and oxygen atoms in total. The molecule has 1 heterocycles. The average Bonchev–Trinajstić information content (AvgIpc) is 2.30. The second-order valence-corrected chi connectivity index (χ2v) is 3.41. The molecule has 0 fully saturated rings. The van der Waals surface area contributed by atoms with Crippen LogP contribution in [0.1, 0.15) is 31.7 Å². The molecule has 1 aromatic rings. The lowest BCUT2D eigenvalue weighted by atomic mass is 10.00. The number of ether oxygens (including phenoxy) is 2. The van der Waals surface area contributed by atoms with Gasteiger partial charge in [0.2, 0.25) is 0 Å². The average molecular weight is 227 g/mol. The second kappa shape index (κ2) is 5.44. The molecule has 0 aliphatic carbocycles. The van der Waals surface area contributed by atoms with Crippen LogP contribution in [0.3, 0.4) is 0 Å². The SMILES string of the molecule is CCC(C)c1cncc(F)c1OC(=O)OC. The van der Waals surface area contributed by atoms with Gasteiger partial charge in [-0.1, -0.05) is 13.8 Å². The lowest BCUT2D eigenvalue weighted by Crippen LogP contribution is -2.11. The van der Waals surface area contributed by atoms with Gasteiger partial charge in [-0.15, -0.1) is 0 Å². The molecule has 0 amide bonds. The molecule has 5 heteroatoms. The third kappa shape index (κ3) is 2.68. The minimum absolute atomic E-state index is 0.0582. The Kier molecular flexibility index (Phi) is 4.22.